The van der Waals surface area contributed by atoms with Gasteiger partial charge in [0.25, 0.3) is 0 Å². The van der Waals surface area contributed by atoms with E-state index in [0.717, 1.165) is 18.5 Å². The molecule has 1 heterocycles. The van der Waals surface area contributed by atoms with Crippen LogP contribution in [0.25, 0.3) is 0 Å². The van der Waals surface area contributed by atoms with E-state index in [4.69, 9.17) is 0 Å². The van der Waals surface area contributed by atoms with Crippen LogP contribution in [0.4, 0.5) is 5.69 Å². The van der Waals surface area contributed by atoms with Gasteiger partial charge in [-0.1, -0.05) is 26.7 Å². The Bertz CT molecular complexity index is 389. The third-order valence-corrected chi connectivity index (χ3v) is 3.30. The summed E-state index contributed by atoms with van der Waals surface area (Å²) in [5, 5.41) is 3.42. The summed E-state index contributed by atoms with van der Waals surface area (Å²) in [4.78, 5) is 15.4. The smallest absolute Gasteiger partial charge is 0.356 e. The number of hydrogen-bond donors (Lipinski definition) is 1. The molecule has 0 aliphatic carbocycles. The summed E-state index contributed by atoms with van der Waals surface area (Å²) >= 11 is 0. The third-order valence-electron chi connectivity index (χ3n) is 3.30. The first-order valence-corrected chi connectivity index (χ1v) is 6.43. The van der Waals surface area contributed by atoms with Gasteiger partial charge in [0.2, 0.25) is 0 Å². The van der Waals surface area contributed by atoms with E-state index in [0.29, 0.717) is 17.7 Å². The third kappa shape index (κ3) is 3.72. The zero-order valence-electron chi connectivity index (χ0n) is 11.6. The topological polar surface area (TPSA) is 51.2 Å². The minimum absolute atomic E-state index is 0.333. The van der Waals surface area contributed by atoms with Crippen molar-refractivity contribution in [1.29, 1.82) is 0 Å². The lowest BCUT2D eigenvalue weighted by Crippen LogP contribution is -2.25. The number of pyridine rings is 1. The Morgan fingerprint density at radius 2 is 2.11 bits per heavy atom. The van der Waals surface area contributed by atoms with Gasteiger partial charge in [-0.05, 0) is 25.0 Å². The molecular formula is C14H22N2O2. The molecule has 0 spiro atoms. The minimum Gasteiger partial charge on any atom is -0.464 e. The Kier molecular flexibility index (Phi) is 5.62. The molecule has 0 amide bonds. The molecule has 1 aromatic rings. The van der Waals surface area contributed by atoms with E-state index in [1.807, 2.05) is 6.07 Å². The van der Waals surface area contributed by atoms with E-state index in [1.54, 1.807) is 12.3 Å². The molecule has 0 fully saturated rings. The highest BCUT2D eigenvalue weighted by atomic mass is 16.5. The molecule has 0 saturated heterocycles. The molecule has 0 aliphatic rings. The van der Waals surface area contributed by atoms with Crippen LogP contribution in [-0.2, 0) is 4.74 Å². The van der Waals surface area contributed by atoms with Gasteiger partial charge >= 0.3 is 5.97 Å². The Morgan fingerprint density at radius 1 is 1.44 bits per heavy atom. The van der Waals surface area contributed by atoms with Gasteiger partial charge in [-0.25, -0.2) is 9.78 Å². The summed E-state index contributed by atoms with van der Waals surface area (Å²) < 4.78 is 4.66. The summed E-state index contributed by atoms with van der Waals surface area (Å²) in [5.41, 5.74) is 1.24. The highest BCUT2D eigenvalue weighted by Crippen LogP contribution is 2.18. The largest absolute Gasteiger partial charge is 0.464 e. The zero-order valence-corrected chi connectivity index (χ0v) is 11.6. The normalized spacial score (nSPS) is 12.3. The standard InChI is InChI=1S/C14H22N2O2/c1-5-11(6-2)10(3)16-12-7-8-15-13(9-12)14(17)18-4/h7-11H,5-6H2,1-4H3,(H,15,16). The van der Waals surface area contributed by atoms with Crippen LogP contribution in [0.2, 0.25) is 0 Å². The number of nitrogens with one attached hydrogen (secondary N) is 1. The second kappa shape index (κ2) is 6.99. The van der Waals surface area contributed by atoms with Crippen LogP contribution < -0.4 is 5.32 Å². The lowest BCUT2D eigenvalue weighted by atomic mass is 9.95. The van der Waals surface area contributed by atoms with Crippen molar-refractivity contribution in [1.82, 2.24) is 4.98 Å². The van der Waals surface area contributed by atoms with Crippen LogP contribution in [0.3, 0.4) is 0 Å². The number of methoxy groups -OCH3 is 1. The lowest BCUT2D eigenvalue weighted by Gasteiger charge is -2.23. The fourth-order valence-electron chi connectivity index (χ4n) is 2.11. The highest BCUT2D eigenvalue weighted by Gasteiger charge is 2.14. The zero-order chi connectivity index (χ0) is 13.5. The van der Waals surface area contributed by atoms with Gasteiger partial charge in [-0.2, -0.15) is 0 Å². The van der Waals surface area contributed by atoms with Crippen molar-refractivity contribution < 1.29 is 9.53 Å². The van der Waals surface area contributed by atoms with Gasteiger partial charge in [0, 0.05) is 17.9 Å². The second-order valence-electron chi connectivity index (χ2n) is 4.43. The molecule has 4 heteroatoms. The first-order chi connectivity index (χ1) is 8.62. The van der Waals surface area contributed by atoms with Gasteiger partial charge in [-0.3, -0.25) is 0 Å². The van der Waals surface area contributed by atoms with Crippen molar-refractivity contribution in [3.63, 3.8) is 0 Å². The van der Waals surface area contributed by atoms with Gasteiger partial charge in [-0.15, -0.1) is 0 Å². The first kappa shape index (κ1) is 14.5. The number of carbonyl (C=O) groups is 1. The Hall–Kier alpha value is -1.58. The predicted molar refractivity (Wildman–Crippen MR) is 72.7 cm³/mol. The van der Waals surface area contributed by atoms with Crippen LogP contribution in [0.1, 0.15) is 44.1 Å². The molecule has 1 atom stereocenters. The average molecular weight is 250 g/mol. The van der Waals surface area contributed by atoms with Crippen LogP contribution in [-0.4, -0.2) is 24.1 Å². The molecule has 1 aromatic heterocycles. The van der Waals surface area contributed by atoms with Crippen molar-refractivity contribution in [2.24, 2.45) is 5.92 Å². The predicted octanol–water partition coefficient (Wildman–Crippen LogP) is 3.10. The molecule has 0 aromatic carbocycles. The molecular weight excluding hydrogens is 228 g/mol. The van der Waals surface area contributed by atoms with Crippen molar-refractivity contribution >= 4 is 11.7 Å². The maximum atomic E-state index is 11.4. The van der Waals surface area contributed by atoms with Gasteiger partial charge in [0.05, 0.1) is 7.11 Å². The van der Waals surface area contributed by atoms with E-state index in [2.05, 4.69) is 35.8 Å². The van der Waals surface area contributed by atoms with E-state index in [-0.39, 0.29) is 0 Å². The monoisotopic (exact) mass is 250 g/mol. The summed E-state index contributed by atoms with van der Waals surface area (Å²) in [6.45, 7) is 6.55. The van der Waals surface area contributed by atoms with Crippen LogP contribution in [0, 0.1) is 5.92 Å². The number of anilines is 1. The molecule has 1 N–H and O–H groups in total. The van der Waals surface area contributed by atoms with Crippen molar-refractivity contribution in [2.75, 3.05) is 12.4 Å². The van der Waals surface area contributed by atoms with Crippen molar-refractivity contribution in [2.45, 2.75) is 39.7 Å². The number of aromatic nitrogens is 1. The Morgan fingerprint density at radius 3 is 2.67 bits per heavy atom. The fraction of sp³-hybridized carbons (Fsp3) is 0.571. The number of nitrogens with zero attached hydrogens (tertiary/aromatic N) is 1. The van der Waals surface area contributed by atoms with Crippen molar-refractivity contribution in [3.8, 4) is 0 Å². The molecule has 0 aliphatic heterocycles. The van der Waals surface area contributed by atoms with Crippen molar-refractivity contribution in [3.05, 3.63) is 24.0 Å². The molecule has 100 valence electrons. The summed E-state index contributed by atoms with van der Waals surface area (Å²) in [7, 11) is 1.36. The molecule has 4 nitrogen and oxygen atoms in total. The van der Waals surface area contributed by atoms with E-state index in [9.17, 15) is 4.79 Å². The number of rotatable bonds is 6. The maximum Gasteiger partial charge on any atom is 0.356 e. The van der Waals surface area contributed by atoms with Crippen LogP contribution in [0.15, 0.2) is 18.3 Å². The first-order valence-electron chi connectivity index (χ1n) is 6.43. The molecule has 0 radical (unpaired) electrons. The average Bonchev–Trinajstić information content (AvgIpc) is 2.39. The molecule has 0 bridgehead atoms. The van der Waals surface area contributed by atoms with E-state index in [1.165, 1.54) is 7.11 Å². The van der Waals surface area contributed by atoms with Gasteiger partial charge < -0.3 is 10.1 Å². The Labute approximate surface area is 109 Å². The number of esters is 1. The van der Waals surface area contributed by atoms with Crippen LogP contribution in [0.5, 0.6) is 0 Å². The van der Waals surface area contributed by atoms with Crippen LogP contribution >= 0.6 is 0 Å². The maximum absolute atomic E-state index is 11.4. The van der Waals surface area contributed by atoms with E-state index >= 15 is 0 Å². The SMILES string of the molecule is CCC(CC)C(C)Nc1ccnc(C(=O)OC)c1. The minimum atomic E-state index is -0.408. The highest BCUT2D eigenvalue weighted by molar-refractivity contribution is 5.88. The second-order valence-corrected chi connectivity index (χ2v) is 4.43. The van der Waals surface area contributed by atoms with E-state index < -0.39 is 5.97 Å². The lowest BCUT2D eigenvalue weighted by molar-refractivity contribution is 0.0594. The summed E-state index contributed by atoms with van der Waals surface area (Å²) in [6.07, 6.45) is 3.90. The van der Waals surface area contributed by atoms with Gasteiger partial charge in [0.1, 0.15) is 5.69 Å². The number of ether oxygens (including phenoxy) is 1. The number of hydrogen-bond acceptors (Lipinski definition) is 4. The molecule has 1 rings (SSSR count). The fourth-order valence-corrected chi connectivity index (χ4v) is 2.11. The number of carbonyl (C=O) groups excluding carboxylic acids is 1. The van der Waals surface area contributed by atoms with Gasteiger partial charge in [0.15, 0.2) is 0 Å². The molecule has 1 unspecified atom stereocenters. The quantitative estimate of drug-likeness (QED) is 0.788. The molecule has 18 heavy (non-hydrogen) atoms. The summed E-state index contributed by atoms with van der Waals surface area (Å²) in [5.74, 6) is 0.216. The molecule has 0 saturated carbocycles. The summed E-state index contributed by atoms with van der Waals surface area (Å²) in [6, 6.07) is 3.96. The Balaban J connectivity index is 2.75.